The van der Waals surface area contributed by atoms with E-state index >= 15 is 0 Å². The third kappa shape index (κ3) is 1.77. The SMILES string of the molecule is Cc1sc(=O)n(CC2CCNC2)c1C. The second-order valence-corrected chi connectivity index (χ2v) is 5.14. The molecule has 14 heavy (non-hydrogen) atoms. The number of nitrogens with one attached hydrogen (secondary N) is 1. The summed E-state index contributed by atoms with van der Waals surface area (Å²) in [7, 11) is 0. The highest BCUT2D eigenvalue weighted by atomic mass is 32.1. The van der Waals surface area contributed by atoms with E-state index in [9.17, 15) is 4.79 Å². The number of hydrogen-bond acceptors (Lipinski definition) is 3. The first-order valence-electron chi connectivity index (χ1n) is 5.06. The minimum atomic E-state index is 0.201. The van der Waals surface area contributed by atoms with Crippen LogP contribution in [0.4, 0.5) is 0 Å². The van der Waals surface area contributed by atoms with E-state index in [-0.39, 0.29) is 4.87 Å². The van der Waals surface area contributed by atoms with E-state index in [1.54, 1.807) is 0 Å². The maximum atomic E-state index is 11.6. The lowest BCUT2D eigenvalue weighted by Gasteiger charge is -2.10. The first-order valence-corrected chi connectivity index (χ1v) is 5.87. The topological polar surface area (TPSA) is 34.0 Å². The maximum absolute atomic E-state index is 11.6. The van der Waals surface area contributed by atoms with E-state index in [1.807, 2.05) is 18.4 Å². The van der Waals surface area contributed by atoms with Crippen molar-refractivity contribution >= 4 is 11.3 Å². The van der Waals surface area contributed by atoms with Crippen LogP contribution in [0.25, 0.3) is 0 Å². The highest BCUT2D eigenvalue weighted by Crippen LogP contribution is 2.14. The van der Waals surface area contributed by atoms with Gasteiger partial charge < -0.3 is 9.88 Å². The van der Waals surface area contributed by atoms with Crippen molar-refractivity contribution < 1.29 is 0 Å². The Labute approximate surface area is 87.8 Å². The van der Waals surface area contributed by atoms with E-state index < -0.39 is 0 Å². The number of nitrogens with zero attached hydrogens (tertiary/aromatic N) is 1. The molecule has 2 heterocycles. The highest BCUT2D eigenvalue weighted by Gasteiger charge is 2.17. The van der Waals surface area contributed by atoms with Gasteiger partial charge >= 0.3 is 4.87 Å². The van der Waals surface area contributed by atoms with Gasteiger partial charge in [0.15, 0.2) is 0 Å². The molecule has 1 fully saturated rings. The molecule has 1 aromatic heterocycles. The van der Waals surface area contributed by atoms with E-state index in [2.05, 4.69) is 5.32 Å². The van der Waals surface area contributed by atoms with Crippen LogP contribution < -0.4 is 10.2 Å². The minimum absolute atomic E-state index is 0.201. The Morgan fingerprint density at radius 2 is 2.36 bits per heavy atom. The van der Waals surface area contributed by atoms with Gasteiger partial charge in [-0.2, -0.15) is 0 Å². The summed E-state index contributed by atoms with van der Waals surface area (Å²) in [6, 6.07) is 0. The Hall–Kier alpha value is -0.610. The largest absolute Gasteiger partial charge is 0.316 e. The summed E-state index contributed by atoms with van der Waals surface area (Å²) in [6.45, 7) is 7.10. The summed E-state index contributed by atoms with van der Waals surface area (Å²) in [4.78, 5) is 13.0. The molecule has 1 aliphatic heterocycles. The van der Waals surface area contributed by atoms with Gasteiger partial charge in [-0.25, -0.2) is 0 Å². The van der Waals surface area contributed by atoms with Gasteiger partial charge in [-0.05, 0) is 39.3 Å². The predicted molar refractivity (Wildman–Crippen MR) is 59.0 cm³/mol. The molecule has 0 aromatic carbocycles. The van der Waals surface area contributed by atoms with E-state index in [0.717, 1.165) is 30.2 Å². The summed E-state index contributed by atoms with van der Waals surface area (Å²) >= 11 is 1.37. The number of thiazole rings is 1. The Kier molecular flexibility index (Phi) is 2.74. The molecular formula is C10H16N2OS. The molecule has 0 spiro atoms. The monoisotopic (exact) mass is 212 g/mol. The zero-order chi connectivity index (χ0) is 10.1. The average Bonchev–Trinajstić information content (AvgIpc) is 2.71. The van der Waals surface area contributed by atoms with Crippen molar-refractivity contribution in [2.75, 3.05) is 13.1 Å². The molecule has 3 nitrogen and oxygen atoms in total. The van der Waals surface area contributed by atoms with Crippen molar-refractivity contribution in [2.45, 2.75) is 26.8 Å². The molecule has 0 radical (unpaired) electrons. The van der Waals surface area contributed by atoms with Gasteiger partial charge in [0, 0.05) is 17.1 Å². The van der Waals surface area contributed by atoms with E-state index in [0.29, 0.717) is 5.92 Å². The summed E-state index contributed by atoms with van der Waals surface area (Å²) in [5, 5.41) is 3.33. The molecule has 1 unspecified atom stereocenters. The number of rotatable bonds is 2. The second kappa shape index (κ2) is 3.87. The van der Waals surface area contributed by atoms with Gasteiger partial charge in [-0.3, -0.25) is 4.79 Å². The zero-order valence-corrected chi connectivity index (χ0v) is 9.49. The van der Waals surface area contributed by atoms with Gasteiger partial charge in [-0.15, -0.1) is 0 Å². The Morgan fingerprint density at radius 3 is 2.86 bits per heavy atom. The van der Waals surface area contributed by atoms with Gasteiger partial charge in [0.05, 0.1) is 0 Å². The summed E-state index contributed by atoms with van der Waals surface area (Å²) in [5.41, 5.74) is 1.15. The number of hydrogen-bond donors (Lipinski definition) is 1. The molecule has 1 atom stereocenters. The molecule has 0 amide bonds. The van der Waals surface area contributed by atoms with Crippen molar-refractivity contribution in [3.8, 4) is 0 Å². The fraction of sp³-hybridized carbons (Fsp3) is 0.700. The van der Waals surface area contributed by atoms with Crippen LogP contribution in [0.2, 0.25) is 0 Å². The van der Waals surface area contributed by atoms with Crippen LogP contribution in [-0.2, 0) is 6.54 Å². The van der Waals surface area contributed by atoms with Gasteiger partial charge in [0.1, 0.15) is 0 Å². The van der Waals surface area contributed by atoms with Crippen LogP contribution in [0.5, 0.6) is 0 Å². The first kappa shape index (κ1) is 9.93. The Balaban J connectivity index is 2.19. The lowest BCUT2D eigenvalue weighted by Crippen LogP contribution is -2.22. The van der Waals surface area contributed by atoms with Gasteiger partial charge in [0.25, 0.3) is 0 Å². The summed E-state index contributed by atoms with van der Waals surface area (Å²) in [5.74, 6) is 0.639. The lowest BCUT2D eigenvalue weighted by atomic mass is 10.1. The standard InChI is InChI=1S/C10H16N2OS/c1-7-8(2)14-10(13)12(7)6-9-3-4-11-5-9/h9,11H,3-6H2,1-2H3. The fourth-order valence-corrected chi connectivity index (χ4v) is 2.77. The van der Waals surface area contributed by atoms with E-state index in [4.69, 9.17) is 0 Å². The van der Waals surface area contributed by atoms with Crippen LogP contribution in [0.1, 0.15) is 17.0 Å². The average molecular weight is 212 g/mol. The first-order chi connectivity index (χ1) is 6.68. The highest BCUT2D eigenvalue weighted by molar-refractivity contribution is 7.09. The number of aromatic nitrogens is 1. The van der Waals surface area contributed by atoms with Gasteiger partial charge in [-0.1, -0.05) is 11.3 Å². The molecule has 1 N–H and O–H groups in total. The molecule has 1 saturated heterocycles. The zero-order valence-electron chi connectivity index (χ0n) is 8.67. The van der Waals surface area contributed by atoms with Gasteiger partial charge in [0.2, 0.25) is 0 Å². The second-order valence-electron chi connectivity index (χ2n) is 3.98. The smallest absolute Gasteiger partial charge is 0.307 e. The quantitative estimate of drug-likeness (QED) is 0.797. The molecule has 4 heteroatoms. The molecule has 0 aliphatic carbocycles. The molecule has 0 bridgehead atoms. The van der Waals surface area contributed by atoms with Crippen molar-refractivity contribution in [1.29, 1.82) is 0 Å². The van der Waals surface area contributed by atoms with E-state index in [1.165, 1.54) is 17.8 Å². The minimum Gasteiger partial charge on any atom is -0.316 e. The maximum Gasteiger partial charge on any atom is 0.307 e. The van der Waals surface area contributed by atoms with Crippen LogP contribution >= 0.6 is 11.3 Å². The fourth-order valence-electron chi connectivity index (χ4n) is 1.93. The van der Waals surface area contributed by atoms with Crippen molar-refractivity contribution in [1.82, 2.24) is 9.88 Å². The predicted octanol–water partition coefficient (Wildman–Crippen LogP) is 1.14. The third-order valence-electron chi connectivity index (χ3n) is 2.98. The van der Waals surface area contributed by atoms with Crippen LogP contribution in [0.3, 0.4) is 0 Å². The van der Waals surface area contributed by atoms with Crippen molar-refractivity contribution in [2.24, 2.45) is 5.92 Å². The number of aryl methyl sites for hydroxylation is 1. The molecule has 1 aliphatic rings. The molecule has 1 aromatic rings. The Bertz CT molecular complexity index is 374. The van der Waals surface area contributed by atoms with Crippen molar-refractivity contribution in [3.63, 3.8) is 0 Å². The summed E-state index contributed by atoms with van der Waals surface area (Å²) in [6.07, 6.45) is 1.20. The molecular weight excluding hydrogens is 196 g/mol. The molecule has 0 saturated carbocycles. The molecule has 78 valence electrons. The van der Waals surface area contributed by atoms with Crippen LogP contribution in [0, 0.1) is 19.8 Å². The lowest BCUT2D eigenvalue weighted by molar-refractivity contribution is 0.470. The summed E-state index contributed by atoms with van der Waals surface area (Å²) < 4.78 is 1.93. The van der Waals surface area contributed by atoms with Crippen LogP contribution in [0.15, 0.2) is 4.79 Å². The molecule has 2 rings (SSSR count). The van der Waals surface area contributed by atoms with Crippen LogP contribution in [-0.4, -0.2) is 17.7 Å². The Morgan fingerprint density at radius 1 is 1.57 bits per heavy atom. The normalized spacial score (nSPS) is 21.7. The van der Waals surface area contributed by atoms with Crippen molar-refractivity contribution in [3.05, 3.63) is 20.2 Å². The third-order valence-corrected chi connectivity index (χ3v) is 3.97.